The second kappa shape index (κ2) is 9.89. The summed E-state index contributed by atoms with van der Waals surface area (Å²) in [6.07, 6.45) is 3.67. The molecule has 5 rings (SSSR count). The molecule has 158 valence electrons. The molecule has 0 radical (unpaired) electrons. The van der Waals surface area contributed by atoms with Gasteiger partial charge < -0.3 is 9.80 Å². The van der Waals surface area contributed by atoms with Crippen molar-refractivity contribution >= 4 is 44.0 Å². The SMILES string of the molecule is CN(C)c1ccccc1N(C)C.[Pt+2].c1cnc2c(c1)ccc1ccc3cccnc3c12. The number of aromatic nitrogens is 2. The summed E-state index contributed by atoms with van der Waals surface area (Å²) in [5, 5.41) is 4.64. The van der Waals surface area contributed by atoms with Gasteiger partial charge in [0.15, 0.2) is 0 Å². The Balaban J connectivity index is 0.000000185. The fourth-order valence-corrected chi connectivity index (χ4v) is 3.71. The Labute approximate surface area is 197 Å². The monoisotopic (exact) mass is 589 g/mol. The Morgan fingerprint density at radius 3 is 1.35 bits per heavy atom. The number of pyridine rings is 2. The first-order valence-electron chi connectivity index (χ1n) is 10.0. The maximum Gasteiger partial charge on any atom is 2.00 e. The standard InChI is InChI=1S/C16H10N2.C10H16N2.Pt/c1-3-12-7-5-11-6-8-13-4-2-10-18-16(13)14(11)15(12)17-9-1;1-11(2)9-7-5-6-8-10(9)12(3)4;/h1-10H;5-8H,1-4H3;/q;;+2. The van der Waals surface area contributed by atoms with Crippen LogP contribution in [0.4, 0.5) is 11.4 Å². The molecular weight excluding hydrogens is 563 g/mol. The van der Waals surface area contributed by atoms with E-state index in [0.29, 0.717) is 0 Å². The molecule has 0 fully saturated rings. The maximum absolute atomic E-state index is 4.52. The molecule has 0 amide bonds. The zero-order valence-electron chi connectivity index (χ0n) is 18.2. The van der Waals surface area contributed by atoms with Gasteiger partial charge in [-0.2, -0.15) is 0 Å². The summed E-state index contributed by atoms with van der Waals surface area (Å²) in [5.41, 5.74) is 4.56. The molecule has 0 N–H and O–H groups in total. The second-order valence-electron chi connectivity index (χ2n) is 7.66. The molecule has 5 heteroatoms. The van der Waals surface area contributed by atoms with Gasteiger partial charge in [0, 0.05) is 56.7 Å². The van der Waals surface area contributed by atoms with E-state index in [1.54, 1.807) is 0 Å². The number of benzene rings is 3. The van der Waals surface area contributed by atoms with Gasteiger partial charge in [0.05, 0.1) is 22.4 Å². The predicted molar refractivity (Wildman–Crippen MR) is 130 cm³/mol. The van der Waals surface area contributed by atoms with E-state index < -0.39 is 0 Å². The van der Waals surface area contributed by atoms with Crippen molar-refractivity contribution < 1.29 is 21.1 Å². The topological polar surface area (TPSA) is 32.3 Å². The van der Waals surface area contributed by atoms with Crippen LogP contribution in [0.1, 0.15) is 0 Å². The third-order valence-corrected chi connectivity index (χ3v) is 5.17. The zero-order valence-corrected chi connectivity index (χ0v) is 20.5. The third-order valence-electron chi connectivity index (χ3n) is 5.17. The molecule has 0 unspecified atom stereocenters. The van der Waals surface area contributed by atoms with Gasteiger partial charge >= 0.3 is 21.1 Å². The molecule has 0 aliphatic rings. The molecule has 2 heterocycles. The van der Waals surface area contributed by atoms with E-state index in [2.05, 4.69) is 109 Å². The molecule has 2 aromatic heterocycles. The molecule has 0 bridgehead atoms. The number of rotatable bonds is 2. The maximum atomic E-state index is 4.52. The second-order valence-corrected chi connectivity index (χ2v) is 7.66. The largest absolute Gasteiger partial charge is 2.00 e. The Hall–Kier alpha value is -2.97. The van der Waals surface area contributed by atoms with Gasteiger partial charge in [-0.25, -0.2) is 0 Å². The van der Waals surface area contributed by atoms with Gasteiger partial charge in [0.1, 0.15) is 0 Å². The van der Waals surface area contributed by atoms with Crippen molar-refractivity contribution in [2.45, 2.75) is 0 Å². The summed E-state index contributed by atoms with van der Waals surface area (Å²) in [5.74, 6) is 0. The van der Waals surface area contributed by atoms with Gasteiger partial charge in [0.2, 0.25) is 0 Å². The summed E-state index contributed by atoms with van der Waals surface area (Å²) in [4.78, 5) is 13.3. The first-order valence-corrected chi connectivity index (χ1v) is 10.0. The molecule has 3 aromatic carbocycles. The van der Waals surface area contributed by atoms with Crippen LogP contribution in [-0.4, -0.2) is 38.2 Å². The molecule has 0 atom stereocenters. The molecular formula is C26H26N4Pt+2. The Morgan fingerprint density at radius 2 is 0.935 bits per heavy atom. The summed E-state index contributed by atoms with van der Waals surface area (Å²) in [6, 6.07) is 24.9. The van der Waals surface area contributed by atoms with Crippen molar-refractivity contribution in [2.24, 2.45) is 0 Å². The minimum absolute atomic E-state index is 0. The van der Waals surface area contributed by atoms with Crippen molar-refractivity contribution in [3.63, 3.8) is 0 Å². The van der Waals surface area contributed by atoms with Crippen LogP contribution in [-0.2, 0) is 21.1 Å². The van der Waals surface area contributed by atoms with Crippen LogP contribution in [0.25, 0.3) is 32.6 Å². The van der Waals surface area contributed by atoms with E-state index in [1.165, 1.54) is 16.8 Å². The normalized spacial score (nSPS) is 10.3. The summed E-state index contributed by atoms with van der Waals surface area (Å²) >= 11 is 0. The van der Waals surface area contributed by atoms with Gasteiger partial charge in [-0.1, -0.05) is 48.5 Å². The van der Waals surface area contributed by atoms with Crippen LogP contribution < -0.4 is 9.80 Å². The molecule has 0 saturated heterocycles. The number of anilines is 2. The number of hydrogen-bond donors (Lipinski definition) is 0. The summed E-state index contributed by atoms with van der Waals surface area (Å²) in [6.45, 7) is 0. The van der Waals surface area contributed by atoms with E-state index in [0.717, 1.165) is 27.2 Å². The van der Waals surface area contributed by atoms with Crippen molar-refractivity contribution in [2.75, 3.05) is 38.0 Å². The molecule has 31 heavy (non-hydrogen) atoms. The fourth-order valence-electron chi connectivity index (χ4n) is 3.71. The molecule has 0 saturated carbocycles. The van der Waals surface area contributed by atoms with Crippen molar-refractivity contribution in [1.82, 2.24) is 9.97 Å². The fraction of sp³-hybridized carbons (Fsp3) is 0.154. The molecule has 0 aliphatic heterocycles. The van der Waals surface area contributed by atoms with Gasteiger partial charge in [-0.05, 0) is 29.7 Å². The van der Waals surface area contributed by atoms with E-state index >= 15 is 0 Å². The van der Waals surface area contributed by atoms with E-state index in [1.807, 2.05) is 24.5 Å². The van der Waals surface area contributed by atoms with E-state index in [-0.39, 0.29) is 21.1 Å². The number of hydrogen-bond acceptors (Lipinski definition) is 4. The van der Waals surface area contributed by atoms with Crippen LogP contribution in [0, 0.1) is 0 Å². The minimum Gasteiger partial charge on any atom is -0.376 e. The Morgan fingerprint density at radius 1 is 0.516 bits per heavy atom. The van der Waals surface area contributed by atoms with Crippen molar-refractivity contribution in [3.05, 3.63) is 85.2 Å². The predicted octanol–water partition coefficient (Wildman–Crippen LogP) is 5.75. The van der Waals surface area contributed by atoms with Gasteiger partial charge in [0.25, 0.3) is 0 Å². The van der Waals surface area contributed by atoms with Crippen molar-refractivity contribution in [3.8, 4) is 0 Å². The quantitative estimate of drug-likeness (QED) is 0.246. The van der Waals surface area contributed by atoms with Crippen LogP contribution >= 0.6 is 0 Å². The molecule has 5 aromatic rings. The first-order chi connectivity index (χ1) is 14.6. The average Bonchev–Trinajstić information content (AvgIpc) is 2.79. The molecule has 0 aliphatic carbocycles. The van der Waals surface area contributed by atoms with Crippen LogP contribution in [0.15, 0.2) is 85.2 Å². The van der Waals surface area contributed by atoms with Crippen LogP contribution in [0.3, 0.4) is 0 Å². The third kappa shape index (κ3) is 4.70. The smallest absolute Gasteiger partial charge is 0.376 e. The number of fused-ring (bicyclic) bond motifs is 5. The van der Waals surface area contributed by atoms with Crippen molar-refractivity contribution in [1.29, 1.82) is 0 Å². The van der Waals surface area contributed by atoms with Gasteiger partial charge in [-0.15, -0.1) is 0 Å². The first kappa shape index (κ1) is 22.7. The van der Waals surface area contributed by atoms with Crippen LogP contribution in [0.5, 0.6) is 0 Å². The zero-order chi connectivity index (χ0) is 21.1. The Bertz CT molecular complexity index is 1220. The number of nitrogens with zero attached hydrogens (tertiary/aromatic N) is 4. The summed E-state index contributed by atoms with van der Waals surface area (Å²) in [7, 11) is 8.23. The molecule has 4 nitrogen and oxygen atoms in total. The molecule has 0 spiro atoms. The number of para-hydroxylation sites is 2. The van der Waals surface area contributed by atoms with E-state index in [9.17, 15) is 0 Å². The summed E-state index contributed by atoms with van der Waals surface area (Å²) < 4.78 is 0. The average molecular weight is 590 g/mol. The Kier molecular flexibility index (Phi) is 7.24. The van der Waals surface area contributed by atoms with Crippen LogP contribution in [0.2, 0.25) is 0 Å². The van der Waals surface area contributed by atoms with Gasteiger partial charge in [-0.3, -0.25) is 9.97 Å². The minimum atomic E-state index is 0. The van der Waals surface area contributed by atoms with E-state index in [4.69, 9.17) is 0 Å².